The maximum atomic E-state index is 12.7. The molecule has 5 N–H and O–H groups in total. The number of nitrogens with one attached hydrogen (secondary N) is 1. The summed E-state index contributed by atoms with van der Waals surface area (Å²) in [5, 5.41) is 15.1. The number of ether oxygens (including phenoxy) is 2. The lowest BCUT2D eigenvalue weighted by molar-refractivity contribution is -0.386. The van der Waals surface area contributed by atoms with E-state index in [9.17, 15) is 38.4 Å². The van der Waals surface area contributed by atoms with E-state index in [-0.39, 0.29) is 53.6 Å². The first-order valence-electron chi connectivity index (χ1n) is 15.0. The molecule has 0 saturated carbocycles. The first-order chi connectivity index (χ1) is 25.1. The molecule has 1 aliphatic rings. The lowest BCUT2D eigenvalue weighted by atomic mass is 10.1. The van der Waals surface area contributed by atoms with Gasteiger partial charge in [0.15, 0.2) is 17.0 Å². The lowest BCUT2D eigenvalue weighted by Gasteiger charge is -2.21. The molecule has 1 aliphatic heterocycles. The van der Waals surface area contributed by atoms with Crippen molar-refractivity contribution in [3.8, 4) is 0 Å². The zero-order chi connectivity index (χ0) is 38.2. The fraction of sp³-hybridized carbons (Fsp3) is 0.346. The Kier molecular flexibility index (Phi) is 13.9. The van der Waals surface area contributed by atoms with E-state index in [4.69, 9.17) is 23.8 Å². The number of amides is 1. The topological polar surface area (TPSA) is 307 Å². The van der Waals surface area contributed by atoms with E-state index in [0.29, 0.717) is 12.2 Å². The number of carbonyl (C=O) groups excluding carboxylic acids is 1. The molecule has 1 amide bonds. The van der Waals surface area contributed by atoms with Crippen LogP contribution in [0.3, 0.4) is 0 Å². The van der Waals surface area contributed by atoms with Crippen LogP contribution in [0.25, 0.3) is 11.2 Å². The highest BCUT2D eigenvalue weighted by molar-refractivity contribution is 8.76. The van der Waals surface area contributed by atoms with Crippen molar-refractivity contribution in [1.82, 2.24) is 24.5 Å². The standard InChI is InChI=1S/C26H30N7O15P3S2/c34-21(8-5-11-52-53-22-9-3-4-10-27-22)31-25-24-26(29-15-28-25)32(16-30-24)23-12-19(44-13-17-6-1-2-7-18(17)33(35)36)20(46-23)14-45-50(40,41)48-51(42,43)47-49(37,38)39/h1-4,6-7,9-10,15-16,19-20,23H,5,8,11-14H2,(H,40,41)(H,42,43)(H2,37,38,39)(H,28,29,31,34)/t19-,20?,23-/m1/s1. The summed E-state index contributed by atoms with van der Waals surface area (Å²) in [6.07, 6.45) is 1.76. The van der Waals surface area contributed by atoms with Gasteiger partial charge in [-0.3, -0.25) is 24.0 Å². The molecule has 4 aromatic rings. The average Bonchev–Trinajstić information content (AvgIpc) is 3.70. The SMILES string of the molecule is O=C(CCCSSc1ccccn1)Nc1ncnc2c1ncn2[C@H]1C[C@@H](OCc2ccccc2[N+](=O)[O-])C(COP(=O)(O)OP(=O)(O)OP(=O)(O)O)O1. The summed E-state index contributed by atoms with van der Waals surface area (Å²) in [6, 6.07) is 11.4. The van der Waals surface area contributed by atoms with Crippen LogP contribution in [0.1, 0.15) is 31.1 Å². The Balaban J connectivity index is 1.26. The molecule has 1 fully saturated rings. The second-order valence-corrected chi connectivity index (χ2v) is 17.6. The molecule has 0 aliphatic carbocycles. The number of nitro benzene ring substituents is 1. The fourth-order valence-electron chi connectivity index (χ4n) is 4.81. The number of carbonyl (C=O) groups is 1. The highest BCUT2D eigenvalue weighted by Gasteiger charge is 2.44. The summed E-state index contributed by atoms with van der Waals surface area (Å²) in [5.41, 5.74) is 0.383. The van der Waals surface area contributed by atoms with Gasteiger partial charge >= 0.3 is 23.5 Å². The van der Waals surface area contributed by atoms with Gasteiger partial charge in [-0.1, -0.05) is 29.0 Å². The van der Waals surface area contributed by atoms with Gasteiger partial charge in [0.1, 0.15) is 23.7 Å². The Labute approximate surface area is 307 Å². The van der Waals surface area contributed by atoms with Crippen molar-refractivity contribution < 1.29 is 65.6 Å². The number of benzene rings is 1. The van der Waals surface area contributed by atoms with Gasteiger partial charge in [-0.05, 0) is 35.4 Å². The number of para-hydroxylation sites is 1. The van der Waals surface area contributed by atoms with Crippen LogP contribution in [0, 0.1) is 10.1 Å². The summed E-state index contributed by atoms with van der Waals surface area (Å²) in [5.74, 6) is 0.502. The largest absolute Gasteiger partial charge is 0.490 e. The number of phosphoric acid groups is 3. The maximum absolute atomic E-state index is 12.7. The Hall–Kier alpha value is -3.18. The Morgan fingerprint density at radius 2 is 1.81 bits per heavy atom. The normalized spacial score (nSPS) is 19.8. The molecular weight excluding hydrogens is 807 g/mol. The number of hydrogen-bond donors (Lipinski definition) is 5. The number of hydrogen-bond acceptors (Lipinski definition) is 17. The maximum Gasteiger partial charge on any atom is 0.490 e. The summed E-state index contributed by atoms with van der Waals surface area (Å²) in [7, 11) is -13.9. The van der Waals surface area contributed by atoms with Gasteiger partial charge in [-0.15, -0.1) is 0 Å². The molecule has 1 aromatic carbocycles. The quantitative estimate of drug-likeness (QED) is 0.0285. The van der Waals surface area contributed by atoms with Crippen molar-refractivity contribution in [2.45, 2.75) is 49.3 Å². The first kappa shape index (κ1) is 41.0. The lowest BCUT2D eigenvalue weighted by Crippen LogP contribution is -2.29. The highest BCUT2D eigenvalue weighted by atomic mass is 33.1. The number of rotatable bonds is 19. The minimum absolute atomic E-state index is 0.0175. The van der Waals surface area contributed by atoms with E-state index in [2.05, 4.69) is 33.9 Å². The van der Waals surface area contributed by atoms with E-state index in [1.54, 1.807) is 23.1 Å². The zero-order valence-corrected chi connectivity index (χ0v) is 31.2. The van der Waals surface area contributed by atoms with Gasteiger partial charge in [-0.25, -0.2) is 33.6 Å². The van der Waals surface area contributed by atoms with E-state index in [1.165, 1.54) is 46.2 Å². The van der Waals surface area contributed by atoms with Crippen molar-refractivity contribution in [3.05, 3.63) is 77.0 Å². The molecule has 0 radical (unpaired) electrons. The smallest absolute Gasteiger partial charge is 0.370 e. The van der Waals surface area contributed by atoms with Crippen molar-refractivity contribution in [3.63, 3.8) is 0 Å². The van der Waals surface area contributed by atoms with E-state index < -0.39 is 53.4 Å². The number of aromatic nitrogens is 5. The predicted molar refractivity (Wildman–Crippen MR) is 186 cm³/mol. The van der Waals surface area contributed by atoms with Crippen molar-refractivity contribution in [1.29, 1.82) is 0 Å². The van der Waals surface area contributed by atoms with Gasteiger partial charge in [0.05, 0.1) is 36.1 Å². The molecule has 1 saturated heterocycles. The van der Waals surface area contributed by atoms with E-state index in [0.717, 1.165) is 5.03 Å². The molecule has 3 aromatic heterocycles. The minimum atomic E-state index is -5.79. The Morgan fingerprint density at radius 3 is 2.55 bits per heavy atom. The van der Waals surface area contributed by atoms with E-state index in [1.807, 2.05) is 18.2 Å². The van der Waals surface area contributed by atoms with Gasteiger partial charge < -0.3 is 34.4 Å². The minimum Gasteiger partial charge on any atom is -0.370 e. The van der Waals surface area contributed by atoms with Gasteiger partial charge in [-0.2, -0.15) is 8.62 Å². The number of pyridine rings is 1. The second-order valence-electron chi connectivity index (χ2n) is 10.8. The highest BCUT2D eigenvalue weighted by Crippen LogP contribution is 2.66. The van der Waals surface area contributed by atoms with Crippen molar-refractivity contribution in [2.75, 3.05) is 17.7 Å². The number of anilines is 1. The number of nitrogens with zero attached hydrogens (tertiary/aromatic N) is 6. The second kappa shape index (κ2) is 18.0. The molecular formula is C26H30N7O15P3S2. The molecule has 27 heteroatoms. The van der Waals surface area contributed by atoms with Crippen LogP contribution in [0.15, 0.2) is 66.3 Å². The number of phosphoric ester groups is 1. The summed E-state index contributed by atoms with van der Waals surface area (Å²) < 4.78 is 61.0. The Bertz CT molecular complexity index is 2060. The first-order valence-corrected chi connectivity index (χ1v) is 21.9. The van der Waals surface area contributed by atoms with Gasteiger partial charge in [0.2, 0.25) is 5.91 Å². The van der Waals surface area contributed by atoms with Crippen LogP contribution >= 0.6 is 45.1 Å². The Morgan fingerprint density at radius 1 is 1.04 bits per heavy atom. The van der Waals surface area contributed by atoms with Gasteiger partial charge in [0.25, 0.3) is 5.69 Å². The molecule has 286 valence electrons. The molecule has 4 heterocycles. The van der Waals surface area contributed by atoms with Crippen LogP contribution < -0.4 is 5.32 Å². The number of nitro groups is 1. The molecule has 22 nitrogen and oxygen atoms in total. The molecule has 0 bridgehead atoms. The van der Waals surface area contributed by atoms with Gasteiger partial charge in [0, 0.05) is 30.9 Å². The summed E-state index contributed by atoms with van der Waals surface area (Å²) >= 11 is 0. The van der Waals surface area contributed by atoms with E-state index >= 15 is 0 Å². The third kappa shape index (κ3) is 12.2. The van der Waals surface area contributed by atoms with Crippen molar-refractivity contribution >= 4 is 73.6 Å². The van der Waals surface area contributed by atoms with Crippen LogP contribution in [0.2, 0.25) is 0 Å². The van der Waals surface area contributed by atoms with Crippen molar-refractivity contribution in [2.24, 2.45) is 0 Å². The third-order valence-corrected chi connectivity index (χ3v) is 13.1. The molecule has 5 atom stereocenters. The average molecular weight is 838 g/mol. The third-order valence-electron chi connectivity index (χ3n) is 6.98. The molecule has 5 rings (SSSR count). The number of imidazole rings is 1. The fourth-order valence-corrected chi connectivity index (χ4v) is 9.81. The zero-order valence-electron chi connectivity index (χ0n) is 26.9. The van der Waals surface area contributed by atoms with Crippen LogP contribution in [0.4, 0.5) is 11.5 Å². The summed E-state index contributed by atoms with van der Waals surface area (Å²) in [4.78, 5) is 77.7. The predicted octanol–water partition coefficient (Wildman–Crippen LogP) is 4.50. The molecule has 53 heavy (non-hydrogen) atoms. The monoisotopic (exact) mass is 837 g/mol. The molecule has 3 unspecified atom stereocenters. The molecule has 0 spiro atoms. The van der Waals surface area contributed by atoms with Crippen LogP contribution in [0.5, 0.6) is 0 Å². The number of fused-ring (bicyclic) bond motifs is 1. The van der Waals surface area contributed by atoms with Crippen LogP contribution in [-0.2, 0) is 47.7 Å². The summed E-state index contributed by atoms with van der Waals surface area (Å²) in [6.45, 7) is -1.17. The van der Waals surface area contributed by atoms with Crippen LogP contribution in [-0.4, -0.2) is 79.5 Å².